The first-order chi connectivity index (χ1) is 15.2. The number of carbonyl (C=O) groups is 1. The van der Waals surface area contributed by atoms with Gasteiger partial charge < -0.3 is 15.0 Å². The number of nitrogens with two attached hydrogens (primary N) is 1. The minimum absolute atomic E-state index is 0.0120. The molecule has 1 fully saturated rings. The molecule has 1 saturated heterocycles. The van der Waals surface area contributed by atoms with Crippen molar-refractivity contribution in [1.82, 2.24) is 4.98 Å². The summed E-state index contributed by atoms with van der Waals surface area (Å²) in [5, 5.41) is 7.42. The van der Waals surface area contributed by atoms with Gasteiger partial charge in [-0.3, -0.25) is 4.79 Å². The standard InChI is InChI=1S/C19H19F5N4O4S/c20-18(21)5-2-7-28(8-6-18)16-15(10-13(11-26-16)32-19(22,23)24)17(29)27-12-3-1-4-14(9-12)33(25,30)31/h1,3-4,9-11H,2,5-8H2,(H,27,29)(H2,25,30,31). The lowest BCUT2D eigenvalue weighted by atomic mass is 10.1. The third-order valence-electron chi connectivity index (χ3n) is 4.76. The molecule has 3 N–H and O–H groups in total. The van der Waals surface area contributed by atoms with E-state index >= 15 is 0 Å². The number of amides is 1. The lowest BCUT2D eigenvalue weighted by Crippen LogP contribution is -2.29. The largest absolute Gasteiger partial charge is 0.573 e. The molecule has 1 aromatic heterocycles. The van der Waals surface area contributed by atoms with Gasteiger partial charge in [0.15, 0.2) is 0 Å². The molecule has 0 aliphatic carbocycles. The summed E-state index contributed by atoms with van der Waals surface area (Å²) in [5.74, 6) is -4.75. The van der Waals surface area contributed by atoms with Crippen LogP contribution in [0.1, 0.15) is 29.6 Å². The highest BCUT2D eigenvalue weighted by molar-refractivity contribution is 7.89. The number of ether oxygens (including phenoxy) is 1. The summed E-state index contributed by atoms with van der Waals surface area (Å²) in [5.41, 5.74) is -0.384. The zero-order valence-electron chi connectivity index (χ0n) is 16.9. The van der Waals surface area contributed by atoms with Crippen molar-refractivity contribution in [2.24, 2.45) is 5.14 Å². The van der Waals surface area contributed by atoms with Gasteiger partial charge in [-0.05, 0) is 30.7 Å². The Hall–Kier alpha value is -3.00. The van der Waals surface area contributed by atoms with Crippen molar-refractivity contribution in [3.63, 3.8) is 0 Å². The van der Waals surface area contributed by atoms with Gasteiger partial charge in [0, 0.05) is 31.6 Å². The summed E-state index contributed by atoms with van der Waals surface area (Å²) >= 11 is 0. The molecule has 0 saturated carbocycles. The van der Waals surface area contributed by atoms with E-state index in [9.17, 15) is 35.2 Å². The molecule has 1 aliphatic rings. The third kappa shape index (κ3) is 6.74. The van der Waals surface area contributed by atoms with Crippen molar-refractivity contribution in [3.8, 4) is 5.75 Å². The summed E-state index contributed by atoms with van der Waals surface area (Å²) in [6.07, 6.45) is -5.13. The number of nitrogens with one attached hydrogen (secondary N) is 1. The van der Waals surface area contributed by atoms with Crippen LogP contribution in [-0.4, -0.2) is 44.7 Å². The van der Waals surface area contributed by atoms with Crippen molar-refractivity contribution in [2.45, 2.75) is 36.4 Å². The van der Waals surface area contributed by atoms with Gasteiger partial charge in [0.05, 0.1) is 16.7 Å². The predicted octanol–water partition coefficient (Wildman–Crippen LogP) is 3.51. The van der Waals surface area contributed by atoms with E-state index in [0.29, 0.717) is 0 Å². The fourth-order valence-electron chi connectivity index (χ4n) is 3.27. The minimum atomic E-state index is -5.05. The fourth-order valence-corrected chi connectivity index (χ4v) is 3.83. The Labute approximate surface area is 185 Å². The van der Waals surface area contributed by atoms with Crippen LogP contribution in [0.2, 0.25) is 0 Å². The molecule has 14 heteroatoms. The number of nitrogens with zero attached hydrogens (tertiary/aromatic N) is 2. The van der Waals surface area contributed by atoms with Crippen LogP contribution >= 0.6 is 0 Å². The molecule has 180 valence electrons. The molecule has 8 nitrogen and oxygen atoms in total. The van der Waals surface area contributed by atoms with Gasteiger partial charge in [-0.1, -0.05) is 6.07 Å². The van der Waals surface area contributed by atoms with Crippen molar-refractivity contribution in [3.05, 3.63) is 42.1 Å². The summed E-state index contributed by atoms with van der Waals surface area (Å²) in [7, 11) is -4.08. The number of aromatic nitrogens is 1. The third-order valence-corrected chi connectivity index (χ3v) is 5.67. The SMILES string of the molecule is NS(=O)(=O)c1cccc(NC(=O)c2cc(OC(F)(F)F)cnc2N2CCCC(F)(F)CC2)c1. The Morgan fingerprint density at radius 1 is 1.18 bits per heavy atom. The molecule has 1 aliphatic heterocycles. The van der Waals surface area contributed by atoms with E-state index in [1.807, 2.05) is 0 Å². The first kappa shape index (κ1) is 24.6. The van der Waals surface area contributed by atoms with E-state index in [1.165, 1.54) is 23.1 Å². The molecule has 0 bridgehead atoms. The van der Waals surface area contributed by atoms with Crippen molar-refractivity contribution in [1.29, 1.82) is 0 Å². The molecule has 0 spiro atoms. The van der Waals surface area contributed by atoms with E-state index in [1.54, 1.807) is 0 Å². The maximum Gasteiger partial charge on any atom is 0.573 e. The van der Waals surface area contributed by atoms with Gasteiger partial charge in [-0.2, -0.15) is 0 Å². The Kier molecular flexibility index (Phi) is 6.79. The van der Waals surface area contributed by atoms with Crippen LogP contribution in [0.4, 0.5) is 33.5 Å². The lowest BCUT2D eigenvalue weighted by Gasteiger charge is -2.24. The van der Waals surface area contributed by atoms with Crippen molar-refractivity contribution in [2.75, 3.05) is 23.3 Å². The van der Waals surface area contributed by atoms with Crippen molar-refractivity contribution >= 4 is 27.4 Å². The van der Waals surface area contributed by atoms with Gasteiger partial charge in [-0.15, -0.1) is 13.2 Å². The summed E-state index contributed by atoms with van der Waals surface area (Å²) in [6.45, 7) is -0.0795. The van der Waals surface area contributed by atoms with Crippen LogP contribution in [-0.2, 0) is 10.0 Å². The quantitative estimate of drug-likeness (QED) is 0.615. The van der Waals surface area contributed by atoms with Crippen LogP contribution in [0.3, 0.4) is 0 Å². The number of hydrogen-bond donors (Lipinski definition) is 2. The Morgan fingerprint density at radius 3 is 2.58 bits per heavy atom. The van der Waals surface area contributed by atoms with Gasteiger partial charge in [0.1, 0.15) is 11.6 Å². The average Bonchev–Trinajstić information content (AvgIpc) is 2.87. The zero-order chi connectivity index (χ0) is 24.4. The number of alkyl halides is 5. The molecule has 3 rings (SSSR count). The number of benzene rings is 1. The van der Waals surface area contributed by atoms with Gasteiger partial charge in [-0.25, -0.2) is 27.3 Å². The Morgan fingerprint density at radius 2 is 1.91 bits per heavy atom. The normalized spacial score (nSPS) is 16.7. The molecular weight excluding hydrogens is 475 g/mol. The summed E-state index contributed by atoms with van der Waals surface area (Å²) in [6, 6.07) is 5.67. The van der Waals surface area contributed by atoms with Gasteiger partial charge in [0.2, 0.25) is 15.9 Å². The number of sulfonamides is 1. The molecular formula is C19H19F5N4O4S. The van der Waals surface area contributed by atoms with Gasteiger partial charge in [0.25, 0.3) is 5.91 Å². The molecule has 33 heavy (non-hydrogen) atoms. The second kappa shape index (κ2) is 9.09. The van der Waals surface area contributed by atoms with E-state index in [2.05, 4.69) is 15.0 Å². The molecule has 1 amide bonds. The first-order valence-corrected chi connectivity index (χ1v) is 11.1. The van der Waals surface area contributed by atoms with Crippen LogP contribution in [0.15, 0.2) is 41.4 Å². The monoisotopic (exact) mass is 494 g/mol. The average molecular weight is 494 g/mol. The van der Waals surface area contributed by atoms with Crippen LogP contribution < -0.4 is 20.1 Å². The minimum Gasteiger partial charge on any atom is -0.404 e. The van der Waals surface area contributed by atoms with E-state index in [4.69, 9.17) is 5.14 Å². The summed E-state index contributed by atoms with van der Waals surface area (Å²) < 4.78 is 92.4. The highest BCUT2D eigenvalue weighted by Crippen LogP contribution is 2.32. The smallest absolute Gasteiger partial charge is 0.404 e. The topological polar surface area (TPSA) is 115 Å². The first-order valence-electron chi connectivity index (χ1n) is 9.56. The second-order valence-corrected chi connectivity index (χ2v) is 8.87. The molecule has 0 radical (unpaired) electrons. The number of anilines is 2. The number of hydrogen-bond acceptors (Lipinski definition) is 6. The van der Waals surface area contributed by atoms with Crippen molar-refractivity contribution < 1.29 is 39.9 Å². The Bertz CT molecular complexity index is 1140. The number of pyridine rings is 1. The number of halogens is 5. The Balaban J connectivity index is 1.96. The number of primary sulfonamides is 1. The van der Waals surface area contributed by atoms with Crippen LogP contribution in [0.25, 0.3) is 0 Å². The molecule has 2 heterocycles. The molecule has 0 atom stereocenters. The lowest BCUT2D eigenvalue weighted by molar-refractivity contribution is -0.274. The second-order valence-electron chi connectivity index (χ2n) is 7.31. The highest BCUT2D eigenvalue weighted by atomic mass is 32.2. The number of rotatable bonds is 5. The zero-order valence-corrected chi connectivity index (χ0v) is 17.7. The molecule has 1 aromatic carbocycles. The fraction of sp³-hybridized carbons (Fsp3) is 0.368. The van der Waals surface area contributed by atoms with Crippen LogP contribution in [0, 0.1) is 0 Å². The van der Waals surface area contributed by atoms with E-state index < -0.39 is 40.4 Å². The van der Waals surface area contributed by atoms with E-state index in [0.717, 1.165) is 18.3 Å². The highest BCUT2D eigenvalue weighted by Gasteiger charge is 2.34. The number of carbonyl (C=O) groups excluding carboxylic acids is 1. The van der Waals surface area contributed by atoms with Crippen LogP contribution in [0.5, 0.6) is 5.75 Å². The predicted molar refractivity (Wildman–Crippen MR) is 108 cm³/mol. The van der Waals surface area contributed by atoms with Gasteiger partial charge >= 0.3 is 6.36 Å². The molecule has 2 aromatic rings. The maximum absolute atomic E-state index is 13.8. The summed E-state index contributed by atoms with van der Waals surface area (Å²) in [4.78, 5) is 17.9. The molecule has 0 unspecified atom stereocenters. The maximum atomic E-state index is 13.8. The van der Waals surface area contributed by atoms with E-state index in [-0.39, 0.29) is 47.9 Å².